The van der Waals surface area contributed by atoms with Gasteiger partial charge in [-0.3, -0.25) is 4.79 Å². The quantitative estimate of drug-likeness (QED) is 0.603. The number of esters is 1. The molecule has 27 heavy (non-hydrogen) atoms. The molecule has 0 radical (unpaired) electrons. The lowest BCUT2D eigenvalue weighted by Gasteiger charge is -2.11. The van der Waals surface area contributed by atoms with Gasteiger partial charge >= 0.3 is 5.97 Å². The van der Waals surface area contributed by atoms with Crippen LogP contribution >= 0.6 is 15.9 Å². The number of amides is 1. The molecule has 5 nitrogen and oxygen atoms in total. The number of rotatable bonds is 5. The van der Waals surface area contributed by atoms with Crippen molar-refractivity contribution < 1.29 is 14.3 Å². The fraction of sp³-hybridized carbons (Fsp3) is 0.143. The number of aryl methyl sites for hydroxylation is 2. The summed E-state index contributed by atoms with van der Waals surface area (Å²) in [5.74, 6) is -0.927. The van der Waals surface area contributed by atoms with Crippen LogP contribution in [-0.4, -0.2) is 23.1 Å². The molecule has 0 fully saturated rings. The van der Waals surface area contributed by atoms with E-state index in [1.807, 2.05) is 44.2 Å². The Bertz CT molecular complexity index is 958. The molecule has 0 aliphatic heterocycles. The first kappa shape index (κ1) is 18.9. The van der Waals surface area contributed by atoms with Gasteiger partial charge in [-0.25, -0.2) is 4.79 Å². The smallest absolute Gasteiger partial charge is 0.338 e. The molecule has 3 rings (SSSR count). The Hall–Kier alpha value is -2.86. The van der Waals surface area contributed by atoms with Gasteiger partial charge in [-0.15, -0.1) is 0 Å². The number of hydrogen-bond donors (Lipinski definition) is 1. The van der Waals surface area contributed by atoms with E-state index < -0.39 is 5.97 Å². The van der Waals surface area contributed by atoms with E-state index in [9.17, 15) is 9.59 Å². The van der Waals surface area contributed by atoms with Gasteiger partial charge in [-0.1, -0.05) is 22.0 Å². The van der Waals surface area contributed by atoms with Crippen LogP contribution in [0.2, 0.25) is 0 Å². The van der Waals surface area contributed by atoms with Crippen LogP contribution in [0, 0.1) is 13.8 Å². The summed E-state index contributed by atoms with van der Waals surface area (Å²) in [4.78, 5) is 24.3. The lowest BCUT2D eigenvalue weighted by molar-refractivity contribution is -0.119. The van der Waals surface area contributed by atoms with Crippen molar-refractivity contribution >= 4 is 33.5 Å². The molecule has 0 saturated carbocycles. The van der Waals surface area contributed by atoms with Gasteiger partial charge in [0.2, 0.25) is 0 Å². The van der Waals surface area contributed by atoms with Gasteiger partial charge in [0.1, 0.15) is 0 Å². The number of halogens is 1. The zero-order chi connectivity index (χ0) is 19.4. The summed E-state index contributed by atoms with van der Waals surface area (Å²) in [6.07, 6.45) is 0. The van der Waals surface area contributed by atoms with Crippen molar-refractivity contribution in [2.45, 2.75) is 13.8 Å². The van der Waals surface area contributed by atoms with E-state index in [1.165, 1.54) is 0 Å². The normalized spacial score (nSPS) is 10.5. The molecule has 6 heteroatoms. The minimum atomic E-state index is -0.537. The highest BCUT2D eigenvalue weighted by molar-refractivity contribution is 9.10. The average molecular weight is 427 g/mol. The molecular weight excluding hydrogens is 408 g/mol. The van der Waals surface area contributed by atoms with Gasteiger partial charge < -0.3 is 14.6 Å². The van der Waals surface area contributed by atoms with Crippen LogP contribution in [0.25, 0.3) is 5.69 Å². The molecule has 0 unspecified atom stereocenters. The minimum absolute atomic E-state index is 0.347. The van der Waals surface area contributed by atoms with Crippen molar-refractivity contribution in [3.63, 3.8) is 0 Å². The highest BCUT2D eigenvalue weighted by atomic mass is 79.9. The highest BCUT2D eigenvalue weighted by Crippen LogP contribution is 2.18. The molecule has 3 aromatic rings. The van der Waals surface area contributed by atoms with Crippen LogP contribution < -0.4 is 5.32 Å². The molecular formula is C21H19BrN2O3. The maximum Gasteiger partial charge on any atom is 0.338 e. The second kappa shape index (κ2) is 8.22. The molecule has 1 aromatic heterocycles. The van der Waals surface area contributed by atoms with E-state index in [0.29, 0.717) is 11.3 Å². The number of carbonyl (C=O) groups excluding carboxylic acids is 2. The summed E-state index contributed by atoms with van der Waals surface area (Å²) in [5, 5.41) is 2.68. The molecule has 1 N–H and O–H groups in total. The van der Waals surface area contributed by atoms with Crippen molar-refractivity contribution in [3.8, 4) is 5.69 Å². The lowest BCUT2D eigenvalue weighted by atomic mass is 10.2. The Kier molecular flexibility index (Phi) is 5.76. The second-order valence-corrected chi connectivity index (χ2v) is 7.05. The number of nitrogens with one attached hydrogen (secondary N) is 1. The maximum absolute atomic E-state index is 12.3. The first-order chi connectivity index (χ1) is 12.9. The maximum atomic E-state index is 12.3. The van der Waals surface area contributed by atoms with Crippen LogP contribution in [0.5, 0.6) is 0 Å². The molecule has 0 atom stereocenters. The van der Waals surface area contributed by atoms with Crippen molar-refractivity contribution in [3.05, 3.63) is 82.1 Å². The van der Waals surface area contributed by atoms with Gasteiger partial charge in [0.25, 0.3) is 5.91 Å². The Balaban J connectivity index is 1.64. The third kappa shape index (κ3) is 4.65. The molecule has 2 aromatic carbocycles. The molecule has 0 saturated heterocycles. The number of carbonyl (C=O) groups is 2. The SMILES string of the molecule is Cc1ccc(C)n1-c1cccc(C(=O)OCC(=O)Nc2ccc(Br)cc2)c1. The van der Waals surface area contributed by atoms with E-state index in [-0.39, 0.29) is 12.5 Å². The number of hydrogen-bond acceptors (Lipinski definition) is 3. The van der Waals surface area contributed by atoms with Crippen LogP contribution in [0.15, 0.2) is 65.1 Å². The number of nitrogens with zero attached hydrogens (tertiary/aromatic N) is 1. The highest BCUT2D eigenvalue weighted by Gasteiger charge is 2.12. The van der Waals surface area contributed by atoms with Crippen molar-refractivity contribution in [2.75, 3.05) is 11.9 Å². The Morgan fingerprint density at radius 2 is 1.67 bits per heavy atom. The topological polar surface area (TPSA) is 60.3 Å². The van der Waals surface area contributed by atoms with Crippen LogP contribution in [-0.2, 0) is 9.53 Å². The van der Waals surface area contributed by atoms with Crippen molar-refractivity contribution in [1.29, 1.82) is 0 Å². The van der Waals surface area contributed by atoms with E-state index in [2.05, 4.69) is 25.8 Å². The largest absolute Gasteiger partial charge is 0.452 e. The van der Waals surface area contributed by atoms with Crippen LogP contribution in [0.1, 0.15) is 21.7 Å². The van der Waals surface area contributed by atoms with Gasteiger partial charge in [0.05, 0.1) is 5.56 Å². The zero-order valence-electron chi connectivity index (χ0n) is 15.0. The van der Waals surface area contributed by atoms with Gasteiger partial charge in [0, 0.05) is 27.2 Å². The first-order valence-electron chi connectivity index (χ1n) is 8.42. The molecule has 1 heterocycles. The molecule has 0 spiro atoms. The monoisotopic (exact) mass is 426 g/mol. The summed E-state index contributed by atoms with van der Waals surface area (Å²) in [7, 11) is 0. The second-order valence-electron chi connectivity index (χ2n) is 6.13. The standard InChI is InChI=1S/C21H19BrN2O3/c1-14-6-7-15(2)24(14)19-5-3-4-16(12-19)21(26)27-13-20(25)23-18-10-8-17(22)9-11-18/h3-12H,13H2,1-2H3,(H,23,25). The van der Waals surface area contributed by atoms with Crippen LogP contribution in [0.3, 0.4) is 0 Å². The van der Waals surface area contributed by atoms with E-state index in [0.717, 1.165) is 21.5 Å². The molecule has 0 aliphatic carbocycles. The molecule has 0 bridgehead atoms. The van der Waals surface area contributed by atoms with Crippen molar-refractivity contribution in [1.82, 2.24) is 4.57 Å². The molecule has 0 aliphatic rings. The molecule has 138 valence electrons. The predicted molar refractivity (Wildman–Crippen MR) is 108 cm³/mol. The summed E-state index contributed by atoms with van der Waals surface area (Å²) < 4.78 is 8.12. The number of anilines is 1. The third-order valence-electron chi connectivity index (χ3n) is 4.07. The molecule has 1 amide bonds. The predicted octanol–water partition coefficient (Wildman–Crippen LogP) is 4.65. The summed E-state index contributed by atoms with van der Waals surface area (Å²) >= 11 is 3.33. The minimum Gasteiger partial charge on any atom is -0.452 e. The first-order valence-corrected chi connectivity index (χ1v) is 9.21. The van der Waals surface area contributed by atoms with Crippen molar-refractivity contribution in [2.24, 2.45) is 0 Å². The fourth-order valence-electron chi connectivity index (χ4n) is 2.79. The summed E-state index contributed by atoms with van der Waals surface area (Å²) in [6.45, 7) is 3.66. The average Bonchev–Trinajstić information content (AvgIpc) is 3.00. The summed E-state index contributed by atoms with van der Waals surface area (Å²) in [6, 6.07) is 18.4. The fourth-order valence-corrected chi connectivity index (χ4v) is 3.06. The number of benzene rings is 2. The van der Waals surface area contributed by atoms with Crippen LogP contribution in [0.4, 0.5) is 5.69 Å². The number of ether oxygens (including phenoxy) is 1. The van der Waals surface area contributed by atoms with E-state index in [1.54, 1.807) is 30.3 Å². The van der Waals surface area contributed by atoms with E-state index >= 15 is 0 Å². The Morgan fingerprint density at radius 1 is 1.00 bits per heavy atom. The van der Waals surface area contributed by atoms with Gasteiger partial charge in [-0.2, -0.15) is 0 Å². The summed E-state index contributed by atoms with van der Waals surface area (Å²) in [5.41, 5.74) is 4.07. The zero-order valence-corrected chi connectivity index (χ0v) is 16.6. The number of aromatic nitrogens is 1. The Labute approximate surface area is 166 Å². The van der Waals surface area contributed by atoms with E-state index in [4.69, 9.17) is 4.74 Å². The Morgan fingerprint density at radius 3 is 2.33 bits per heavy atom. The third-order valence-corrected chi connectivity index (χ3v) is 4.60. The van der Waals surface area contributed by atoms with Gasteiger partial charge in [-0.05, 0) is 68.4 Å². The van der Waals surface area contributed by atoms with Gasteiger partial charge in [0.15, 0.2) is 6.61 Å². The lowest BCUT2D eigenvalue weighted by Crippen LogP contribution is -2.21.